The summed E-state index contributed by atoms with van der Waals surface area (Å²) >= 11 is 0. The Labute approximate surface area is 128 Å². The molecule has 1 unspecified atom stereocenters. The fourth-order valence-corrected chi connectivity index (χ4v) is 2.00. The van der Waals surface area contributed by atoms with Crippen LogP contribution in [0.25, 0.3) is 0 Å². The molecule has 1 aromatic rings. The molecule has 4 heteroatoms. The molecule has 1 atom stereocenters. The van der Waals surface area contributed by atoms with Crippen molar-refractivity contribution in [3.63, 3.8) is 0 Å². The molecule has 0 aliphatic carbocycles. The minimum atomic E-state index is -0.597. The Morgan fingerprint density at radius 2 is 1.90 bits per heavy atom. The maximum Gasteiger partial charge on any atom is 0.119 e. The minimum absolute atomic E-state index is 0.122. The van der Waals surface area contributed by atoms with E-state index in [-0.39, 0.29) is 12.0 Å². The van der Waals surface area contributed by atoms with E-state index < -0.39 is 6.10 Å². The van der Waals surface area contributed by atoms with Gasteiger partial charge in [-0.25, -0.2) is 0 Å². The molecule has 0 heterocycles. The summed E-state index contributed by atoms with van der Waals surface area (Å²) in [5, 5.41) is 18.6. The Morgan fingerprint density at radius 3 is 2.38 bits per heavy atom. The zero-order valence-corrected chi connectivity index (χ0v) is 13.5. The molecule has 21 heavy (non-hydrogen) atoms. The van der Waals surface area contributed by atoms with Gasteiger partial charge in [-0.1, -0.05) is 39.8 Å². The average molecular weight is 290 g/mol. The molecule has 1 N–H and O–H groups in total. The van der Waals surface area contributed by atoms with Crippen LogP contribution >= 0.6 is 0 Å². The van der Waals surface area contributed by atoms with Crippen molar-refractivity contribution in [2.24, 2.45) is 0 Å². The number of nitrogens with zero attached hydrogens (tertiary/aromatic N) is 2. The number of hydrogen-bond acceptors (Lipinski definition) is 4. The summed E-state index contributed by atoms with van der Waals surface area (Å²) in [6, 6.07) is 10.1. The van der Waals surface area contributed by atoms with Crippen LogP contribution < -0.4 is 4.74 Å². The largest absolute Gasteiger partial charge is 0.491 e. The first-order valence-electron chi connectivity index (χ1n) is 7.37. The smallest absolute Gasteiger partial charge is 0.119 e. The third-order valence-electron chi connectivity index (χ3n) is 3.37. The molecule has 116 valence electrons. The SMILES string of the molecule is CCN(CC#N)CC(O)COc1ccc(C(C)(C)C)cc1. The van der Waals surface area contributed by atoms with Crippen molar-refractivity contribution in [3.05, 3.63) is 29.8 Å². The molecule has 1 rings (SSSR count). The van der Waals surface area contributed by atoms with Gasteiger partial charge in [-0.2, -0.15) is 5.26 Å². The lowest BCUT2D eigenvalue weighted by atomic mass is 9.87. The fraction of sp³-hybridized carbons (Fsp3) is 0.588. The molecule has 0 radical (unpaired) electrons. The predicted octanol–water partition coefficient (Wildman–Crippen LogP) is 2.57. The van der Waals surface area contributed by atoms with E-state index in [4.69, 9.17) is 10.00 Å². The number of ether oxygens (including phenoxy) is 1. The van der Waals surface area contributed by atoms with Gasteiger partial charge in [-0.3, -0.25) is 4.90 Å². The quantitative estimate of drug-likeness (QED) is 0.784. The molecule has 0 amide bonds. The van der Waals surface area contributed by atoms with Gasteiger partial charge in [0, 0.05) is 6.54 Å². The van der Waals surface area contributed by atoms with Crippen LogP contribution in [-0.2, 0) is 5.41 Å². The van der Waals surface area contributed by atoms with Gasteiger partial charge in [0.2, 0.25) is 0 Å². The van der Waals surface area contributed by atoms with Crippen LogP contribution in [-0.4, -0.2) is 42.4 Å². The van der Waals surface area contributed by atoms with Crippen molar-refractivity contribution < 1.29 is 9.84 Å². The molecule has 0 saturated carbocycles. The van der Waals surface area contributed by atoms with Crippen molar-refractivity contribution in [2.75, 3.05) is 26.2 Å². The molecule has 1 aromatic carbocycles. The summed E-state index contributed by atoms with van der Waals surface area (Å²) in [5.41, 5.74) is 1.37. The van der Waals surface area contributed by atoms with E-state index >= 15 is 0 Å². The highest BCUT2D eigenvalue weighted by Gasteiger charge is 2.14. The maximum absolute atomic E-state index is 9.95. The molecule has 0 aliphatic heterocycles. The summed E-state index contributed by atoms with van der Waals surface area (Å²) in [4.78, 5) is 1.89. The van der Waals surface area contributed by atoms with Crippen molar-refractivity contribution >= 4 is 0 Å². The average Bonchev–Trinajstić information content (AvgIpc) is 2.44. The highest BCUT2D eigenvalue weighted by atomic mass is 16.5. The number of aliphatic hydroxyl groups is 1. The van der Waals surface area contributed by atoms with Crippen LogP contribution in [0.4, 0.5) is 0 Å². The number of hydrogen-bond donors (Lipinski definition) is 1. The van der Waals surface area contributed by atoms with Gasteiger partial charge in [0.1, 0.15) is 18.5 Å². The van der Waals surface area contributed by atoms with E-state index in [9.17, 15) is 5.11 Å². The van der Waals surface area contributed by atoms with Gasteiger partial charge in [-0.05, 0) is 29.7 Å². The summed E-state index contributed by atoms with van der Waals surface area (Å²) in [6.45, 7) is 10.2. The lowest BCUT2D eigenvalue weighted by Crippen LogP contribution is -2.35. The molecular weight excluding hydrogens is 264 g/mol. The van der Waals surface area contributed by atoms with Crippen LogP contribution in [0, 0.1) is 11.3 Å². The van der Waals surface area contributed by atoms with Crippen LogP contribution in [0.5, 0.6) is 5.75 Å². The monoisotopic (exact) mass is 290 g/mol. The van der Waals surface area contributed by atoms with Crippen molar-refractivity contribution in [1.29, 1.82) is 5.26 Å². The molecule has 0 fully saturated rings. The molecule has 4 nitrogen and oxygen atoms in total. The summed E-state index contributed by atoms with van der Waals surface area (Å²) in [7, 11) is 0. The molecule has 0 aromatic heterocycles. The zero-order valence-electron chi connectivity index (χ0n) is 13.5. The second kappa shape index (κ2) is 8.02. The van der Waals surface area contributed by atoms with Crippen LogP contribution in [0.3, 0.4) is 0 Å². The molecule has 0 spiro atoms. The van der Waals surface area contributed by atoms with Crippen LogP contribution in [0.2, 0.25) is 0 Å². The van der Waals surface area contributed by atoms with Crippen LogP contribution in [0.15, 0.2) is 24.3 Å². The van der Waals surface area contributed by atoms with Gasteiger partial charge < -0.3 is 9.84 Å². The number of nitriles is 1. The topological polar surface area (TPSA) is 56.5 Å². The van der Waals surface area contributed by atoms with Gasteiger partial charge in [0.25, 0.3) is 0 Å². The number of likely N-dealkylation sites (N-methyl/N-ethyl adjacent to an activating group) is 1. The van der Waals surface area contributed by atoms with E-state index in [0.29, 0.717) is 13.1 Å². The predicted molar refractivity (Wildman–Crippen MR) is 84.4 cm³/mol. The third-order valence-corrected chi connectivity index (χ3v) is 3.37. The highest BCUT2D eigenvalue weighted by molar-refractivity contribution is 5.31. The molecule has 0 saturated heterocycles. The van der Waals surface area contributed by atoms with Gasteiger partial charge in [0.05, 0.1) is 12.6 Å². The third kappa shape index (κ3) is 6.16. The van der Waals surface area contributed by atoms with E-state index in [1.165, 1.54) is 5.56 Å². The van der Waals surface area contributed by atoms with E-state index in [2.05, 4.69) is 39.0 Å². The van der Waals surface area contributed by atoms with Crippen molar-refractivity contribution in [1.82, 2.24) is 4.90 Å². The van der Waals surface area contributed by atoms with E-state index in [1.807, 2.05) is 24.0 Å². The van der Waals surface area contributed by atoms with Crippen molar-refractivity contribution in [2.45, 2.75) is 39.2 Å². The van der Waals surface area contributed by atoms with Crippen LogP contribution in [0.1, 0.15) is 33.3 Å². The summed E-state index contributed by atoms with van der Waals surface area (Å²) < 4.78 is 5.60. The van der Waals surface area contributed by atoms with Gasteiger partial charge >= 0.3 is 0 Å². The van der Waals surface area contributed by atoms with Gasteiger partial charge in [0.15, 0.2) is 0 Å². The molecular formula is C17H26N2O2. The standard InChI is InChI=1S/C17H26N2O2/c1-5-19(11-10-18)12-15(20)13-21-16-8-6-14(7-9-16)17(2,3)4/h6-9,15,20H,5,11-13H2,1-4H3. The van der Waals surface area contributed by atoms with E-state index in [1.54, 1.807) is 0 Å². The van der Waals surface area contributed by atoms with Gasteiger partial charge in [-0.15, -0.1) is 0 Å². The Balaban J connectivity index is 2.46. The minimum Gasteiger partial charge on any atom is -0.491 e. The lowest BCUT2D eigenvalue weighted by Gasteiger charge is -2.21. The molecule has 0 bridgehead atoms. The second-order valence-electron chi connectivity index (χ2n) is 6.23. The highest BCUT2D eigenvalue weighted by Crippen LogP contribution is 2.24. The van der Waals surface area contributed by atoms with Crippen molar-refractivity contribution in [3.8, 4) is 11.8 Å². The number of aliphatic hydroxyl groups excluding tert-OH is 1. The first kappa shape index (κ1) is 17.5. The number of rotatable bonds is 7. The summed E-state index contributed by atoms with van der Waals surface area (Å²) in [5.74, 6) is 0.755. The first-order chi connectivity index (χ1) is 9.86. The maximum atomic E-state index is 9.95. The Hall–Kier alpha value is -1.57. The normalized spacial score (nSPS) is 13.0. The summed E-state index contributed by atoms with van der Waals surface area (Å²) in [6.07, 6.45) is -0.597. The number of benzene rings is 1. The zero-order chi connectivity index (χ0) is 15.9. The molecule has 0 aliphatic rings. The second-order valence-corrected chi connectivity index (χ2v) is 6.23. The Bertz CT molecular complexity index is 457. The Morgan fingerprint density at radius 1 is 1.29 bits per heavy atom. The Kier molecular flexibility index (Phi) is 6.67. The lowest BCUT2D eigenvalue weighted by molar-refractivity contribution is 0.0740. The first-order valence-corrected chi connectivity index (χ1v) is 7.37. The fourth-order valence-electron chi connectivity index (χ4n) is 2.00. The van der Waals surface area contributed by atoms with E-state index in [0.717, 1.165) is 12.3 Å².